The van der Waals surface area contributed by atoms with Crippen LogP contribution in [0.3, 0.4) is 0 Å². The van der Waals surface area contributed by atoms with Crippen LogP contribution >= 0.6 is 0 Å². The third-order valence-electron chi connectivity index (χ3n) is 5.38. The first-order chi connectivity index (χ1) is 14.8. The zero-order valence-corrected chi connectivity index (χ0v) is 17.9. The van der Waals surface area contributed by atoms with Crippen LogP contribution in [0.15, 0.2) is 36.4 Å². The van der Waals surface area contributed by atoms with E-state index in [2.05, 4.69) is 38.6 Å². The molecule has 0 spiro atoms. The Kier molecular flexibility index (Phi) is 5.76. The average Bonchev–Trinajstić information content (AvgIpc) is 3.06. The summed E-state index contributed by atoms with van der Waals surface area (Å²) >= 11 is 0. The normalized spacial score (nSPS) is 15.0. The molecule has 5 nitrogen and oxygen atoms in total. The number of nitrogens with one attached hydrogen (secondary N) is 1. The summed E-state index contributed by atoms with van der Waals surface area (Å²) in [5.74, 6) is 0.887. The summed E-state index contributed by atoms with van der Waals surface area (Å²) in [6, 6.07) is 11.8. The molecule has 7 heteroatoms. The lowest BCUT2D eigenvalue weighted by molar-refractivity contribution is -0.0562. The molecular formula is C24H24F2N3O2. The Labute approximate surface area is 180 Å². The van der Waals surface area contributed by atoms with Crippen molar-refractivity contribution in [3.8, 4) is 22.9 Å². The van der Waals surface area contributed by atoms with Crippen LogP contribution in [0.4, 0.5) is 14.5 Å². The van der Waals surface area contributed by atoms with Crippen molar-refractivity contribution in [2.24, 2.45) is 0 Å². The number of aromatic nitrogens is 2. The van der Waals surface area contributed by atoms with Gasteiger partial charge in [-0.1, -0.05) is 24.3 Å². The van der Waals surface area contributed by atoms with Gasteiger partial charge in [-0.15, -0.1) is 0 Å². The SMILES string of the molecule is Cc1nc(OC(F)F)nc(C)c1-c1cccc(CNc2ccc3c(c2)OC(C)[CH]3)c1C. The van der Waals surface area contributed by atoms with Gasteiger partial charge in [-0.25, -0.2) is 0 Å². The molecule has 4 rings (SSSR count). The minimum absolute atomic E-state index is 0.0929. The molecule has 1 atom stereocenters. The molecule has 0 saturated heterocycles. The Morgan fingerprint density at radius 2 is 1.84 bits per heavy atom. The molecule has 3 aromatic rings. The number of nitrogens with zero attached hydrogens (tertiary/aromatic N) is 2. The number of ether oxygens (including phenoxy) is 2. The van der Waals surface area contributed by atoms with Crippen molar-refractivity contribution in [3.63, 3.8) is 0 Å². The molecule has 1 N–H and O–H groups in total. The maximum Gasteiger partial charge on any atom is 0.389 e. The molecule has 0 aliphatic carbocycles. The van der Waals surface area contributed by atoms with Crippen LogP contribution in [0, 0.1) is 27.2 Å². The van der Waals surface area contributed by atoms with Crippen LogP contribution in [0.5, 0.6) is 11.8 Å². The van der Waals surface area contributed by atoms with Crippen molar-refractivity contribution in [2.45, 2.75) is 47.0 Å². The number of halogens is 2. The van der Waals surface area contributed by atoms with Crippen LogP contribution in [0.1, 0.15) is 35.0 Å². The fourth-order valence-electron chi connectivity index (χ4n) is 3.92. The van der Waals surface area contributed by atoms with Crippen LogP contribution in [-0.2, 0) is 6.54 Å². The molecule has 2 heterocycles. The second kappa shape index (κ2) is 8.49. The topological polar surface area (TPSA) is 56.3 Å². The molecule has 1 radical (unpaired) electrons. The minimum Gasteiger partial charge on any atom is -0.490 e. The van der Waals surface area contributed by atoms with Crippen LogP contribution < -0.4 is 14.8 Å². The predicted octanol–water partition coefficient (Wildman–Crippen LogP) is 5.62. The fourth-order valence-corrected chi connectivity index (χ4v) is 3.92. The number of fused-ring (bicyclic) bond motifs is 1. The van der Waals surface area contributed by atoms with E-state index in [0.29, 0.717) is 17.9 Å². The first kappa shape index (κ1) is 21.0. The maximum absolute atomic E-state index is 12.5. The van der Waals surface area contributed by atoms with E-state index in [4.69, 9.17) is 4.74 Å². The second-order valence-corrected chi connectivity index (χ2v) is 7.62. The molecule has 2 aromatic carbocycles. The van der Waals surface area contributed by atoms with Gasteiger partial charge in [0, 0.05) is 35.8 Å². The van der Waals surface area contributed by atoms with Gasteiger partial charge in [-0.3, -0.25) is 0 Å². The quantitative estimate of drug-likeness (QED) is 0.557. The van der Waals surface area contributed by atoms with E-state index in [0.717, 1.165) is 39.3 Å². The zero-order chi connectivity index (χ0) is 22.1. The van der Waals surface area contributed by atoms with Gasteiger partial charge >= 0.3 is 12.6 Å². The summed E-state index contributed by atoms with van der Waals surface area (Å²) in [6.07, 6.45) is 2.19. The van der Waals surface area contributed by atoms with Crippen LogP contribution in [0.25, 0.3) is 11.1 Å². The van der Waals surface area contributed by atoms with Gasteiger partial charge in [0.2, 0.25) is 0 Å². The van der Waals surface area contributed by atoms with Gasteiger partial charge in [0.15, 0.2) is 0 Å². The number of hydrogen-bond donors (Lipinski definition) is 1. The lowest BCUT2D eigenvalue weighted by Crippen LogP contribution is -2.09. The van der Waals surface area contributed by atoms with E-state index in [1.54, 1.807) is 13.8 Å². The highest BCUT2D eigenvalue weighted by molar-refractivity contribution is 5.72. The highest BCUT2D eigenvalue weighted by Gasteiger charge is 2.20. The largest absolute Gasteiger partial charge is 0.490 e. The van der Waals surface area contributed by atoms with Crippen molar-refractivity contribution in [1.29, 1.82) is 0 Å². The molecule has 1 aliphatic rings. The number of rotatable bonds is 6. The van der Waals surface area contributed by atoms with Gasteiger partial charge in [0.1, 0.15) is 11.9 Å². The average molecular weight is 424 g/mol. The van der Waals surface area contributed by atoms with Gasteiger partial charge in [0.05, 0.1) is 11.4 Å². The summed E-state index contributed by atoms with van der Waals surface area (Å²) in [7, 11) is 0. The first-order valence-corrected chi connectivity index (χ1v) is 10.1. The van der Waals surface area contributed by atoms with Crippen molar-refractivity contribution in [2.75, 3.05) is 5.32 Å². The van der Waals surface area contributed by atoms with Crippen molar-refractivity contribution < 1.29 is 18.3 Å². The monoisotopic (exact) mass is 424 g/mol. The summed E-state index contributed by atoms with van der Waals surface area (Å²) in [5.41, 5.74) is 7.28. The van der Waals surface area contributed by atoms with E-state index < -0.39 is 6.61 Å². The number of anilines is 1. The summed E-state index contributed by atoms with van der Waals surface area (Å²) in [6.45, 7) is 5.28. The van der Waals surface area contributed by atoms with Crippen LogP contribution in [0.2, 0.25) is 0 Å². The molecule has 1 aromatic heterocycles. The van der Waals surface area contributed by atoms with E-state index in [-0.39, 0.29) is 12.1 Å². The molecule has 1 aliphatic heterocycles. The first-order valence-electron chi connectivity index (χ1n) is 10.1. The maximum atomic E-state index is 12.5. The van der Waals surface area contributed by atoms with E-state index in [1.165, 1.54) is 0 Å². The Balaban J connectivity index is 1.57. The van der Waals surface area contributed by atoms with E-state index in [1.807, 2.05) is 38.1 Å². The standard InChI is InChI=1S/C24H24F2N3O2/c1-13-10-17-8-9-19(11-21(17)30-13)27-12-18-6-5-7-20(14(18)2)22-15(3)28-24(29-16(22)4)31-23(25)26/h5-11,13,23,27H,12H2,1-4H3. The molecule has 31 heavy (non-hydrogen) atoms. The number of aryl methyl sites for hydroxylation is 2. The van der Waals surface area contributed by atoms with Crippen molar-refractivity contribution in [3.05, 3.63) is 70.9 Å². The molecular weight excluding hydrogens is 400 g/mol. The number of benzene rings is 2. The molecule has 0 amide bonds. The lowest BCUT2D eigenvalue weighted by atomic mass is 9.94. The summed E-state index contributed by atoms with van der Waals surface area (Å²) in [4.78, 5) is 8.22. The second-order valence-electron chi connectivity index (χ2n) is 7.62. The third-order valence-corrected chi connectivity index (χ3v) is 5.38. The lowest BCUT2D eigenvalue weighted by Gasteiger charge is -2.16. The number of alkyl halides is 2. The molecule has 1 unspecified atom stereocenters. The van der Waals surface area contributed by atoms with E-state index in [9.17, 15) is 8.78 Å². The van der Waals surface area contributed by atoms with Gasteiger partial charge in [0.25, 0.3) is 0 Å². The van der Waals surface area contributed by atoms with Gasteiger partial charge in [-0.05, 0) is 50.5 Å². The molecule has 0 bridgehead atoms. The van der Waals surface area contributed by atoms with Crippen LogP contribution in [-0.4, -0.2) is 22.7 Å². The summed E-state index contributed by atoms with van der Waals surface area (Å²) < 4.78 is 35.2. The Morgan fingerprint density at radius 3 is 2.55 bits per heavy atom. The Morgan fingerprint density at radius 1 is 1.10 bits per heavy atom. The van der Waals surface area contributed by atoms with E-state index >= 15 is 0 Å². The Hall–Kier alpha value is -3.22. The molecule has 0 fully saturated rings. The highest BCUT2D eigenvalue weighted by atomic mass is 19.3. The summed E-state index contributed by atoms with van der Waals surface area (Å²) in [5, 5.41) is 3.46. The predicted molar refractivity (Wildman–Crippen MR) is 116 cm³/mol. The third kappa shape index (κ3) is 4.45. The minimum atomic E-state index is -2.95. The fraction of sp³-hybridized carbons (Fsp3) is 0.292. The molecule has 161 valence electrons. The zero-order valence-electron chi connectivity index (χ0n) is 17.9. The van der Waals surface area contributed by atoms with Crippen molar-refractivity contribution in [1.82, 2.24) is 9.97 Å². The molecule has 0 saturated carbocycles. The Bertz CT molecular complexity index is 1090. The van der Waals surface area contributed by atoms with Crippen molar-refractivity contribution >= 4 is 5.69 Å². The van der Waals surface area contributed by atoms with Gasteiger partial charge < -0.3 is 14.8 Å². The highest BCUT2D eigenvalue weighted by Crippen LogP contribution is 2.34. The smallest absolute Gasteiger partial charge is 0.389 e. The number of hydrogen-bond acceptors (Lipinski definition) is 5. The van der Waals surface area contributed by atoms with Gasteiger partial charge in [-0.2, -0.15) is 18.7 Å².